The fourth-order valence-electron chi connectivity index (χ4n) is 2.61. The normalized spacial score (nSPS) is 22.0. The first-order chi connectivity index (χ1) is 10.6. The molecule has 0 bridgehead atoms. The molecule has 0 spiro atoms. The number of hydrogen-bond donors (Lipinski definition) is 1. The standard InChI is InChI=1S/C16H14N2O3S/c1-21-12-8-6-11(7-9-12)16-15(10-17)22(19,20)14-5-3-2-4-13(14)18-16/h2-9,15-16,18H,1H3. The molecule has 3 rings (SSSR count). The Balaban J connectivity index is 2.11. The van der Waals surface area contributed by atoms with Gasteiger partial charge in [0.2, 0.25) is 0 Å². The second-order valence-corrected chi connectivity index (χ2v) is 7.02. The first-order valence-corrected chi connectivity index (χ1v) is 8.25. The minimum atomic E-state index is -3.70. The average molecular weight is 314 g/mol. The zero-order valence-corrected chi connectivity index (χ0v) is 12.7. The van der Waals surface area contributed by atoms with Crippen molar-refractivity contribution in [3.05, 3.63) is 54.1 Å². The first kappa shape index (κ1) is 14.4. The van der Waals surface area contributed by atoms with Gasteiger partial charge in [-0.3, -0.25) is 0 Å². The van der Waals surface area contributed by atoms with Gasteiger partial charge in [0.25, 0.3) is 0 Å². The highest BCUT2D eigenvalue weighted by Gasteiger charge is 2.41. The molecule has 0 aliphatic carbocycles. The van der Waals surface area contributed by atoms with E-state index in [1.807, 2.05) is 6.07 Å². The summed E-state index contributed by atoms with van der Waals surface area (Å²) in [4.78, 5) is 0.173. The predicted octanol–water partition coefficient (Wildman–Crippen LogP) is 2.53. The molecule has 0 saturated carbocycles. The molecule has 1 heterocycles. The lowest BCUT2D eigenvalue weighted by Crippen LogP contribution is -2.36. The van der Waals surface area contributed by atoms with Crippen molar-refractivity contribution < 1.29 is 13.2 Å². The van der Waals surface area contributed by atoms with E-state index in [1.165, 1.54) is 6.07 Å². The van der Waals surface area contributed by atoms with Gasteiger partial charge in [-0.1, -0.05) is 24.3 Å². The molecular weight excluding hydrogens is 300 g/mol. The molecule has 22 heavy (non-hydrogen) atoms. The van der Waals surface area contributed by atoms with Crippen LogP contribution >= 0.6 is 0 Å². The third-order valence-electron chi connectivity index (χ3n) is 3.74. The summed E-state index contributed by atoms with van der Waals surface area (Å²) in [5, 5.41) is 11.4. The van der Waals surface area contributed by atoms with Crippen molar-refractivity contribution in [2.45, 2.75) is 16.2 Å². The minimum Gasteiger partial charge on any atom is -0.497 e. The molecule has 1 aliphatic rings. The Hall–Kier alpha value is -2.52. The van der Waals surface area contributed by atoms with Crippen LogP contribution in [0.5, 0.6) is 5.75 Å². The van der Waals surface area contributed by atoms with E-state index in [0.717, 1.165) is 5.56 Å². The first-order valence-electron chi connectivity index (χ1n) is 6.71. The number of para-hydroxylation sites is 1. The average Bonchev–Trinajstić information content (AvgIpc) is 2.54. The summed E-state index contributed by atoms with van der Waals surface area (Å²) in [5.41, 5.74) is 1.25. The number of fused-ring (bicyclic) bond motifs is 1. The molecule has 0 fully saturated rings. The Morgan fingerprint density at radius 1 is 1.14 bits per heavy atom. The maximum atomic E-state index is 12.7. The van der Waals surface area contributed by atoms with E-state index in [4.69, 9.17) is 4.74 Å². The van der Waals surface area contributed by atoms with Crippen LogP contribution in [0.15, 0.2) is 53.4 Å². The molecule has 5 nitrogen and oxygen atoms in total. The molecule has 1 aliphatic heterocycles. The van der Waals surface area contributed by atoms with Crippen LogP contribution in [0.3, 0.4) is 0 Å². The SMILES string of the molecule is COc1ccc(C2Nc3ccccc3S(=O)(=O)C2C#N)cc1. The van der Waals surface area contributed by atoms with E-state index in [9.17, 15) is 13.7 Å². The van der Waals surface area contributed by atoms with Crippen LogP contribution in [0, 0.1) is 11.3 Å². The Morgan fingerprint density at radius 2 is 1.82 bits per heavy atom. The van der Waals surface area contributed by atoms with E-state index in [-0.39, 0.29) is 4.90 Å². The van der Waals surface area contributed by atoms with Crippen molar-refractivity contribution >= 4 is 15.5 Å². The number of nitriles is 1. The van der Waals surface area contributed by atoms with E-state index < -0.39 is 21.1 Å². The molecule has 1 N–H and O–H groups in total. The number of benzene rings is 2. The molecule has 2 aromatic rings. The summed E-state index contributed by atoms with van der Waals surface area (Å²) in [5.74, 6) is 0.677. The number of methoxy groups -OCH3 is 1. The molecule has 6 heteroatoms. The van der Waals surface area contributed by atoms with Gasteiger partial charge in [0.1, 0.15) is 5.75 Å². The zero-order valence-electron chi connectivity index (χ0n) is 11.9. The lowest BCUT2D eigenvalue weighted by Gasteiger charge is -2.31. The van der Waals surface area contributed by atoms with Gasteiger partial charge in [-0.05, 0) is 29.8 Å². The van der Waals surface area contributed by atoms with E-state index >= 15 is 0 Å². The smallest absolute Gasteiger partial charge is 0.199 e. The number of anilines is 1. The molecule has 2 unspecified atom stereocenters. The van der Waals surface area contributed by atoms with Crippen LogP contribution in [-0.2, 0) is 9.84 Å². The molecule has 2 atom stereocenters. The number of nitrogens with zero attached hydrogens (tertiary/aromatic N) is 1. The highest BCUT2D eigenvalue weighted by molar-refractivity contribution is 7.92. The topological polar surface area (TPSA) is 79.2 Å². The van der Waals surface area contributed by atoms with Crippen LogP contribution in [0.2, 0.25) is 0 Å². The Labute approximate surface area is 129 Å². The second kappa shape index (κ2) is 5.35. The highest BCUT2D eigenvalue weighted by Crippen LogP contribution is 2.39. The van der Waals surface area contributed by atoms with Gasteiger partial charge in [-0.25, -0.2) is 8.42 Å². The van der Waals surface area contributed by atoms with Crippen LogP contribution < -0.4 is 10.1 Å². The summed E-state index contributed by atoms with van der Waals surface area (Å²) < 4.78 is 30.4. The molecular formula is C16H14N2O3S. The Morgan fingerprint density at radius 3 is 2.45 bits per heavy atom. The monoisotopic (exact) mass is 314 g/mol. The number of sulfone groups is 1. The highest BCUT2D eigenvalue weighted by atomic mass is 32.2. The number of ether oxygens (including phenoxy) is 1. The van der Waals surface area contributed by atoms with Crippen molar-refractivity contribution in [3.8, 4) is 11.8 Å². The van der Waals surface area contributed by atoms with Crippen molar-refractivity contribution in [2.75, 3.05) is 12.4 Å². The van der Waals surface area contributed by atoms with E-state index in [0.29, 0.717) is 11.4 Å². The third-order valence-corrected chi connectivity index (χ3v) is 5.76. The lowest BCUT2D eigenvalue weighted by molar-refractivity contribution is 0.414. The molecule has 2 aromatic carbocycles. The molecule has 0 saturated heterocycles. The van der Waals surface area contributed by atoms with Gasteiger partial charge in [0.15, 0.2) is 15.1 Å². The maximum Gasteiger partial charge on any atom is 0.199 e. The summed E-state index contributed by atoms with van der Waals surface area (Å²) in [6.07, 6.45) is 0. The van der Waals surface area contributed by atoms with Gasteiger partial charge in [0.05, 0.1) is 29.8 Å². The van der Waals surface area contributed by atoms with Gasteiger partial charge in [-0.2, -0.15) is 5.26 Å². The predicted molar refractivity (Wildman–Crippen MR) is 82.4 cm³/mol. The fourth-order valence-corrected chi connectivity index (χ4v) is 4.30. The zero-order chi connectivity index (χ0) is 15.7. The van der Waals surface area contributed by atoms with Crippen LogP contribution in [0.1, 0.15) is 11.6 Å². The fraction of sp³-hybridized carbons (Fsp3) is 0.188. The summed E-state index contributed by atoms with van der Waals surface area (Å²) in [6, 6.07) is 15.0. The van der Waals surface area contributed by atoms with Crippen LogP contribution in [0.4, 0.5) is 5.69 Å². The second-order valence-electron chi connectivity index (χ2n) is 4.99. The molecule has 0 aromatic heterocycles. The van der Waals surface area contributed by atoms with Gasteiger partial charge < -0.3 is 10.1 Å². The van der Waals surface area contributed by atoms with Crippen LogP contribution in [0.25, 0.3) is 0 Å². The third kappa shape index (κ3) is 2.20. The lowest BCUT2D eigenvalue weighted by atomic mass is 10.0. The van der Waals surface area contributed by atoms with Gasteiger partial charge >= 0.3 is 0 Å². The number of rotatable bonds is 2. The van der Waals surface area contributed by atoms with Crippen LogP contribution in [-0.4, -0.2) is 20.8 Å². The van der Waals surface area contributed by atoms with E-state index in [2.05, 4.69) is 5.32 Å². The Kier molecular flexibility index (Phi) is 3.51. The number of nitrogens with one attached hydrogen (secondary N) is 1. The van der Waals surface area contributed by atoms with Crippen molar-refractivity contribution in [3.63, 3.8) is 0 Å². The summed E-state index contributed by atoms with van der Waals surface area (Å²) >= 11 is 0. The quantitative estimate of drug-likeness (QED) is 0.921. The van der Waals surface area contributed by atoms with Gasteiger partial charge in [0, 0.05) is 0 Å². The van der Waals surface area contributed by atoms with Crippen molar-refractivity contribution in [1.82, 2.24) is 0 Å². The molecule has 112 valence electrons. The minimum absolute atomic E-state index is 0.173. The Bertz CT molecular complexity index is 838. The summed E-state index contributed by atoms with van der Waals surface area (Å²) in [7, 11) is -2.14. The largest absolute Gasteiger partial charge is 0.497 e. The number of hydrogen-bond acceptors (Lipinski definition) is 5. The molecule has 0 amide bonds. The van der Waals surface area contributed by atoms with Gasteiger partial charge in [-0.15, -0.1) is 0 Å². The van der Waals surface area contributed by atoms with E-state index in [1.54, 1.807) is 49.6 Å². The summed E-state index contributed by atoms with van der Waals surface area (Å²) in [6.45, 7) is 0. The molecule has 0 radical (unpaired) electrons. The van der Waals surface area contributed by atoms with Crippen molar-refractivity contribution in [1.29, 1.82) is 5.26 Å². The van der Waals surface area contributed by atoms with Crippen molar-refractivity contribution in [2.24, 2.45) is 0 Å². The maximum absolute atomic E-state index is 12.7.